The monoisotopic (exact) mass is 388 g/mol. The van der Waals surface area contributed by atoms with Gasteiger partial charge in [0.25, 0.3) is 5.91 Å². The van der Waals surface area contributed by atoms with E-state index in [0.29, 0.717) is 31.9 Å². The number of hydrogen-bond acceptors (Lipinski definition) is 4. The minimum Gasteiger partial charge on any atom is -0.354 e. The minimum absolute atomic E-state index is 0.102. The van der Waals surface area contributed by atoms with Crippen LogP contribution in [0.1, 0.15) is 10.5 Å². The molecule has 0 saturated carbocycles. The third-order valence-corrected chi connectivity index (χ3v) is 4.34. The molecule has 1 aromatic carbocycles. The smallest absolute Gasteiger partial charge is 0.272 e. The summed E-state index contributed by atoms with van der Waals surface area (Å²) in [5.74, 6) is -0.102. The van der Waals surface area contributed by atoms with Crippen molar-refractivity contribution in [3.05, 3.63) is 52.8 Å². The van der Waals surface area contributed by atoms with E-state index in [4.69, 9.17) is 0 Å². The third-order valence-electron chi connectivity index (χ3n) is 3.85. The number of carbonyl (C=O) groups excluding carboxylic acids is 2. The lowest BCUT2D eigenvalue weighted by Crippen LogP contribution is -2.48. The van der Waals surface area contributed by atoms with Gasteiger partial charge in [-0.25, -0.2) is 4.98 Å². The summed E-state index contributed by atoms with van der Waals surface area (Å²) in [5.41, 5.74) is 2.17. The number of amides is 2. The zero-order valence-corrected chi connectivity index (χ0v) is 14.6. The van der Waals surface area contributed by atoms with Gasteiger partial charge in [0.15, 0.2) is 0 Å². The van der Waals surface area contributed by atoms with Crippen molar-refractivity contribution in [2.24, 2.45) is 0 Å². The Morgan fingerprint density at radius 3 is 2.54 bits per heavy atom. The van der Waals surface area contributed by atoms with E-state index in [9.17, 15) is 9.59 Å². The van der Waals surface area contributed by atoms with Crippen molar-refractivity contribution in [2.45, 2.75) is 0 Å². The summed E-state index contributed by atoms with van der Waals surface area (Å²) < 4.78 is 0.988. The molecule has 0 aliphatic carbocycles. The molecule has 7 heteroatoms. The maximum absolute atomic E-state index is 12.4. The minimum atomic E-state index is -0.102. The van der Waals surface area contributed by atoms with Gasteiger partial charge in [-0.2, -0.15) is 0 Å². The van der Waals surface area contributed by atoms with Gasteiger partial charge in [-0.3, -0.25) is 9.59 Å². The molecule has 6 nitrogen and oxygen atoms in total. The summed E-state index contributed by atoms with van der Waals surface area (Å²) in [6.45, 7) is 2.21. The maximum atomic E-state index is 12.4. The van der Waals surface area contributed by atoms with Crippen molar-refractivity contribution < 1.29 is 9.59 Å². The van der Waals surface area contributed by atoms with Crippen LogP contribution in [0.4, 0.5) is 11.4 Å². The first-order valence-corrected chi connectivity index (χ1v) is 8.42. The molecule has 1 aromatic heterocycles. The average Bonchev–Trinajstić information content (AvgIpc) is 2.62. The largest absolute Gasteiger partial charge is 0.354 e. The summed E-state index contributed by atoms with van der Waals surface area (Å²) in [5, 5.41) is 3.24. The summed E-state index contributed by atoms with van der Waals surface area (Å²) in [6.07, 6.45) is 2.47. The average molecular weight is 389 g/mol. The van der Waals surface area contributed by atoms with Crippen molar-refractivity contribution in [1.29, 1.82) is 0 Å². The normalized spacial score (nSPS) is 14.4. The second-order valence-electron chi connectivity index (χ2n) is 5.50. The van der Waals surface area contributed by atoms with E-state index in [1.807, 2.05) is 30.3 Å². The predicted molar refractivity (Wildman–Crippen MR) is 95.2 cm³/mol. The molecular weight excluding hydrogens is 372 g/mol. The molecule has 1 aliphatic rings. The standard InChI is InChI=1S/C17H17BrN4O2/c18-13-2-1-3-14(10-13)20-15-4-5-16(19-11-15)17(24)22-8-6-21(12-23)7-9-22/h1-5,10-12,20H,6-9H2. The zero-order valence-electron chi connectivity index (χ0n) is 13.0. The third kappa shape index (κ3) is 3.91. The van der Waals surface area contributed by atoms with Gasteiger partial charge in [-0.15, -0.1) is 0 Å². The Labute approximate surface area is 148 Å². The molecule has 2 aromatic rings. The molecule has 0 unspecified atom stereocenters. The van der Waals surface area contributed by atoms with Crippen LogP contribution in [0, 0.1) is 0 Å². The Morgan fingerprint density at radius 1 is 1.12 bits per heavy atom. The van der Waals surface area contributed by atoms with Gasteiger partial charge in [0.1, 0.15) is 5.69 Å². The second-order valence-corrected chi connectivity index (χ2v) is 6.42. The number of rotatable bonds is 4. The van der Waals surface area contributed by atoms with Crippen molar-refractivity contribution >= 4 is 39.6 Å². The summed E-state index contributed by atoms with van der Waals surface area (Å²) >= 11 is 3.43. The van der Waals surface area contributed by atoms with E-state index in [1.165, 1.54) is 0 Å². The lowest BCUT2D eigenvalue weighted by Gasteiger charge is -2.32. The fourth-order valence-corrected chi connectivity index (χ4v) is 2.92. The highest BCUT2D eigenvalue weighted by molar-refractivity contribution is 9.10. The van der Waals surface area contributed by atoms with Crippen molar-refractivity contribution in [3.63, 3.8) is 0 Å². The molecule has 0 spiro atoms. The number of nitrogens with one attached hydrogen (secondary N) is 1. The van der Waals surface area contributed by atoms with Crippen LogP contribution in [-0.2, 0) is 4.79 Å². The lowest BCUT2D eigenvalue weighted by molar-refractivity contribution is -0.119. The summed E-state index contributed by atoms with van der Waals surface area (Å²) in [4.78, 5) is 30.8. The van der Waals surface area contributed by atoms with Crippen LogP contribution in [0.5, 0.6) is 0 Å². The Kier molecular flexibility index (Phi) is 5.10. The molecular formula is C17H17BrN4O2. The molecule has 1 N–H and O–H groups in total. The van der Waals surface area contributed by atoms with E-state index < -0.39 is 0 Å². The van der Waals surface area contributed by atoms with E-state index in [1.54, 1.807) is 22.1 Å². The Hall–Kier alpha value is -2.41. The number of pyridine rings is 1. The van der Waals surface area contributed by atoms with E-state index in [2.05, 4.69) is 26.2 Å². The summed E-state index contributed by atoms with van der Waals surface area (Å²) in [6, 6.07) is 11.4. The van der Waals surface area contributed by atoms with Crippen molar-refractivity contribution in [2.75, 3.05) is 31.5 Å². The molecule has 1 aliphatic heterocycles. The first kappa shape index (κ1) is 16.4. The number of piperazine rings is 1. The highest BCUT2D eigenvalue weighted by Crippen LogP contribution is 2.20. The highest BCUT2D eigenvalue weighted by Gasteiger charge is 2.22. The molecule has 2 heterocycles. The molecule has 1 saturated heterocycles. The number of carbonyl (C=O) groups is 2. The van der Waals surface area contributed by atoms with Gasteiger partial charge >= 0.3 is 0 Å². The maximum Gasteiger partial charge on any atom is 0.272 e. The van der Waals surface area contributed by atoms with Gasteiger partial charge < -0.3 is 15.1 Å². The number of nitrogens with zero attached hydrogens (tertiary/aromatic N) is 3. The SMILES string of the molecule is O=CN1CCN(C(=O)c2ccc(Nc3cccc(Br)c3)cn2)CC1. The van der Waals surface area contributed by atoms with Gasteiger partial charge in [0, 0.05) is 36.3 Å². The number of halogens is 1. The number of benzene rings is 1. The van der Waals surface area contributed by atoms with Crippen LogP contribution in [-0.4, -0.2) is 53.3 Å². The molecule has 0 bridgehead atoms. The van der Waals surface area contributed by atoms with Gasteiger partial charge in [-0.1, -0.05) is 22.0 Å². The van der Waals surface area contributed by atoms with Crippen LogP contribution >= 0.6 is 15.9 Å². The Morgan fingerprint density at radius 2 is 1.92 bits per heavy atom. The van der Waals surface area contributed by atoms with Gasteiger partial charge in [0.05, 0.1) is 11.9 Å². The topological polar surface area (TPSA) is 65.5 Å². The first-order chi connectivity index (χ1) is 11.7. The zero-order chi connectivity index (χ0) is 16.9. The molecule has 2 amide bonds. The first-order valence-electron chi connectivity index (χ1n) is 7.63. The summed E-state index contributed by atoms with van der Waals surface area (Å²) in [7, 11) is 0. The van der Waals surface area contributed by atoms with Crippen molar-refractivity contribution in [3.8, 4) is 0 Å². The van der Waals surface area contributed by atoms with Gasteiger partial charge in [-0.05, 0) is 30.3 Å². The van der Waals surface area contributed by atoms with Crippen molar-refractivity contribution in [1.82, 2.24) is 14.8 Å². The van der Waals surface area contributed by atoms with Crippen LogP contribution in [0.2, 0.25) is 0 Å². The van der Waals surface area contributed by atoms with E-state index in [0.717, 1.165) is 22.3 Å². The van der Waals surface area contributed by atoms with Crippen LogP contribution in [0.3, 0.4) is 0 Å². The molecule has 0 atom stereocenters. The Balaban J connectivity index is 1.64. The quantitative estimate of drug-likeness (QED) is 0.817. The highest BCUT2D eigenvalue weighted by atomic mass is 79.9. The molecule has 124 valence electrons. The number of anilines is 2. The van der Waals surface area contributed by atoms with Crippen LogP contribution < -0.4 is 5.32 Å². The molecule has 0 radical (unpaired) electrons. The number of hydrogen-bond donors (Lipinski definition) is 1. The predicted octanol–water partition coefficient (Wildman–Crippen LogP) is 2.50. The molecule has 24 heavy (non-hydrogen) atoms. The van der Waals surface area contributed by atoms with Crippen LogP contribution in [0.15, 0.2) is 47.1 Å². The fourth-order valence-electron chi connectivity index (χ4n) is 2.52. The molecule has 1 fully saturated rings. The lowest BCUT2D eigenvalue weighted by atomic mass is 10.2. The van der Waals surface area contributed by atoms with E-state index in [-0.39, 0.29) is 5.91 Å². The second kappa shape index (κ2) is 7.44. The van der Waals surface area contributed by atoms with E-state index >= 15 is 0 Å². The number of aromatic nitrogens is 1. The molecule has 3 rings (SSSR count). The Bertz CT molecular complexity index is 728. The van der Waals surface area contributed by atoms with Crippen LogP contribution in [0.25, 0.3) is 0 Å². The fraction of sp³-hybridized carbons (Fsp3) is 0.235. The van der Waals surface area contributed by atoms with Gasteiger partial charge in [0.2, 0.25) is 6.41 Å².